The van der Waals surface area contributed by atoms with E-state index in [1.165, 1.54) is 51.5 Å². The third kappa shape index (κ3) is 3.96. The summed E-state index contributed by atoms with van der Waals surface area (Å²) in [5.74, 6) is 0. The first kappa shape index (κ1) is 16.3. The van der Waals surface area contributed by atoms with Crippen LogP contribution in [0.5, 0.6) is 0 Å². The van der Waals surface area contributed by atoms with Gasteiger partial charge < -0.3 is 10.5 Å². The van der Waals surface area contributed by atoms with E-state index >= 15 is 0 Å². The second kappa shape index (κ2) is 6.76. The van der Waals surface area contributed by atoms with Crippen LogP contribution in [0, 0.1) is 5.41 Å². The molecule has 1 spiro atoms. The number of hydrogen-bond acceptors (Lipinski definition) is 3. The van der Waals surface area contributed by atoms with Crippen molar-refractivity contribution in [2.75, 3.05) is 26.2 Å². The molecule has 1 saturated heterocycles. The van der Waals surface area contributed by atoms with Crippen LogP contribution in [0.2, 0.25) is 0 Å². The first-order valence-electron chi connectivity index (χ1n) is 8.58. The van der Waals surface area contributed by atoms with Crippen molar-refractivity contribution in [3.05, 3.63) is 0 Å². The second-order valence-electron chi connectivity index (χ2n) is 7.72. The van der Waals surface area contributed by atoms with E-state index in [0.29, 0.717) is 6.04 Å². The molecule has 1 unspecified atom stereocenters. The molecule has 118 valence electrons. The van der Waals surface area contributed by atoms with Crippen molar-refractivity contribution >= 4 is 0 Å². The molecule has 0 aromatic heterocycles. The topological polar surface area (TPSA) is 38.5 Å². The molecular formula is C17H34N2O. The Hall–Kier alpha value is -0.120. The number of hydrogen-bond donors (Lipinski definition) is 1. The minimum Gasteiger partial charge on any atom is -0.375 e. The maximum absolute atomic E-state index is 6.19. The zero-order valence-electron chi connectivity index (χ0n) is 13.8. The Bertz CT molecular complexity index is 297. The summed E-state index contributed by atoms with van der Waals surface area (Å²) in [6.07, 6.45) is 8.94. The Labute approximate surface area is 125 Å². The maximum Gasteiger partial charge on any atom is 0.0697 e. The number of rotatable bonds is 6. The molecule has 0 aromatic carbocycles. The van der Waals surface area contributed by atoms with E-state index in [1.807, 2.05) is 0 Å². The lowest BCUT2D eigenvalue weighted by Gasteiger charge is -2.45. The van der Waals surface area contributed by atoms with Crippen molar-refractivity contribution in [2.24, 2.45) is 11.1 Å². The summed E-state index contributed by atoms with van der Waals surface area (Å²) < 4.78 is 6.19. The predicted molar refractivity (Wildman–Crippen MR) is 84.9 cm³/mol. The normalized spacial score (nSPS) is 26.6. The van der Waals surface area contributed by atoms with Gasteiger partial charge >= 0.3 is 0 Å². The molecule has 0 bridgehead atoms. The first-order valence-corrected chi connectivity index (χ1v) is 8.58. The van der Waals surface area contributed by atoms with E-state index in [4.69, 9.17) is 10.5 Å². The van der Waals surface area contributed by atoms with Crippen LogP contribution in [0.15, 0.2) is 0 Å². The lowest BCUT2D eigenvalue weighted by atomic mass is 9.86. The fourth-order valence-corrected chi connectivity index (χ4v) is 3.97. The Morgan fingerprint density at radius 1 is 1.30 bits per heavy atom. The van der Waals surface area contributed by atoms with Crippen molar-refractivity contribution in [2.45, 2.75) is 77.4 Å². The van der Waals surface area contributed by atoms with E-state index in [0.717, 1.165) is 19.7 Å². The molecule has 1 atom stereocenters. The molecule has 1 saturated carbocycles. The van der Waals surface area contributed by atoms with Crippen molar-refractivity contribution in [1.82, 2.24) is 4.90 Å². The third-order valence-electron chi connectivity index (χ3n) is 5.19. The van der Waals surface area contributed by atoms with Gasteiger partial charge in [-0.05, 0) is 50.6 Å². The standard InChI is InChI=1S/C17H34N2O/c1-4-10-19(14-16(2,3)13-18)15-7-11-20-17(12-15)8-5-6-9-17/h15H,4-14,18H2,1-3H3. The van der Waals surface area contributed by atoms with Gasteiger partial charge in [0.05, 0.1) is 5.60 Å². The highest BCUT2D eigenvalue weighted by Crippen LogP contribution is 2.41. The average Bonchev–Trinajstić information content (AvgIpc) is 2.86. The quantitative estimate of drug-likeness (QED) is 0.813. The van der Waals surface area contributed by atoms with Crippen LogP contribution in [-0.4, -0.2) is 42.8 Å². The fourth-order valence-electron chi connectivity index (χ4n) is 3.97. The average molecular weight is 282 g/mol. The highest BCUT2D eigenvalue weighted by molar-refractivity contribution is 4.95. The fraction of sp³-hybridized carbons (Fsp3) is 1.00. The van der Waals surface area contributed by atoms with E-state index in [-0.39, 0.29) is 11.0 Å². The Morgan fingerprint density at radius 3 is 2.60 bits per heavy atom. The third-order valence-corrected chi connectivity index (χ3v) is 5.19. The van der Waals surface area contributed by atoms with Crippen molar-refractivity contribution in [1.29, 1.82) is 0 Å². The summed E-state index contributed by atoms with van der Waals surface area (Å²) in [6.45, 7) is 10.9. The van der Waals surface area contributed by atoms with Crippen molar-refractivity contribution in [3.63, 3.8) is 0 Å². The molecule has 2 rings (SSSR count). The zero-order chi connectivity index (χ0) is 14.6. The molecule has 2 fully saturated rings. The molecule has 20 heavy (non-hydrogen) atoms. The van der Waals surface area contributed by atoms with Gasteiger partial charge in [0.2, 0.25) is 0 Å². The molecule has 1 aliphatic carbocycles. The predicted octanol–water partition coefficient (Wildman–Crippen LogP) is 3.18. The number of ether oxygens (including phenoxy) is 1. The molecule has 3 nitrogen and oxygen atoms in total. The largest absolute Gasteiger partial charge is 0.375 e. The first-order chi connectivity index (χ1) is 9.50. The molecule has 2 N–H and O–H groups in total. The van der Waals surface area contributed by atoms with Crippen molar-refractivity contribution in [3.8, 4) is 0 Å². The maximum atomic E-state index is 6.19. The molecule has 0 aromatic rings. The van der Waals surface area contributed by atoms with Gasteiger partial charge in [-0.25, -0.2) is 0 Å². The van der Waals surface area contributed by atoms with Crippen LogP contribution in [0.4, 0.5) is 0 Å². The zero-order valence-corrected chi connectivity index (χ0v) is 13.8. The highest BCUT2D eigenvalue weighted by atomic mass is 16.5. The summed E-state index contributed by atoms with van der Waals surface area (Å²) in [5, 5.41) is 0. The SMILES string of the molecule is CCCN(CC(C)(C)CN)C1CCOC2(CCCC2)C1. The minimum atomic E-state index is 0.219. The molecule has 1 aliphatic heterocycles. The van der Waals surface area contributed by atoms with Crippen LogP contribution >= 0.6 is 0 Å². The van der Waals surface area contributed by atoms with Gasteiger partial charge in [0, 0.05) is 19.2 Å². The van der Waals surface area contributed by atoms with E-state index in [1.54, 1.807) is 0 Å². The van der Waals surface area contributed by atoms with Crippen LogP contribution in [0.25, 0.3) is 0 Å². The Balaban J connectivity index is 2.00. The number of nitrogens with two attached hydrogens (primary N) is 1. The molecular weight excluding hydrogens is 248 g/mol. The Kier molecular flexibility index (Phi) is 5.49. The van der Waals surface area contributed by atoms with E-state index in [9.17, 15) is 0 Å². The summed E-state index contributed by atoms with van der Waals surface area (Å²) in [5.41, 5.74) is 6.39. The van der Waals surface area contributed by atoms with E-state index < -0.39 is 0 Å². The van der Waals surface area contributed by atoms with Crippen LogP contribution in [-0.2, 0) is 4.74 Å². The van der Waals surface area contributed by atoms with Gasteiger partial charge in [0.1, 0.15) is 0 Å². The van der Waals surface area contributed by atoms with Gasteiger partial charge in [-0.2, -0.15) is 0 Å². The molecule has 2 aliphatic rings. The van der Waals surface area contributed by atoms with E-state index in [2.05, 4.69) is 25.7 Å². The van der Waals surface area contributed by atoms with Gasteiger partial charge in [-0.3, -0.25) is 4.90 Å². The highest BCUT2D eigenvalue weighted by Gasteiger charge is 2.41. The molecule has 3 heteroatoms. The summed E-state index contributed by atoms with van der Waals surface area (Å²) in [4.78, 5) is 2.70. The van der Waals surface area contributed by atoms with Gasteiger partial charge in [0.15, 0.2) is 0 Å². The van der Waals surface area contributed by atoms with Gasteiger partial charge in [0.25, 0.3) is 0 Å². The Morgan fingerprint density at radius 2 is 2.00 bits per heavy atom. The lowest BCUT2D eigenvalue weighted by molar-refractivity contribution is -0.104. The smallest absolute Gasteiger partial charge is 0.0697 e. The monoisotopic (exact) mass is 282 g/mol. The molecule has 1 heterocycles. The molecule has 0 amide bonds. The van der Waals surface area contributed by atoms with Gasteiger partial charge in [-0.1, -0.05) is 33.6 Å². The van der Waals surface area contributed by atoms with Crippen molar-refractivity contribution < 1.29 is 4.74 Å². The van der Waals surface area contributed by atoms with Crippen LogP contribution in [0.3, 0.4) is 0 Å². The number of nitrogens with zero attached hydrogens (tertiary/aromatic N) is 1. The summed E-state index contributed by atoms with van der Waals surface area (Å²) in [6, 6.07) is 0.702. The van der Waals surface area contributed by atoms with Crippen LogP contribution in [0.1, 0.15) is 65.7 Å². The summed E-state index contributed by atoms with van der Waals surface area (Å²) in [7, 11) is 0. The van der Waals surface area contributed by atoms with Crippen LogP contribution < -0.4 is 5.73 Å². The molecule has 0 radical (unpaired) electrons. The van der Waals surface area contributed by atoms with Gasteiger partial charge in [-0.15, -0.1) is 0 Å². The lowest BCUT2D eigenvalue weighted by Crippen LogP contribution is -2.51. The second-order valence-corrected chi connectivity index (χ2v) is 7.72. The minimum absolute atomic E-state index is 0.219. The summed E-state index contributed by atoms with van der Waals surface area (Å²) >= 11 is 0.